The molecular weight excluding hydrogens is 395 g/mol. The number of carbonyl (C=O) groups is 2. The minimum atomic E-state index is -0.609. The second-order valence-corrected chi connectivity index (χ2v) is 8.00. The van der Waals surface area contributed by atoms with Gasteiger partial charge in [-0.1, -0.05) is 60.7 Å². The van der Waals surface area contributed by atoms with Crippen LogP contribution in [0.4, 0.5) is 4.79 Å². The Balaban J connectivity index is 2.06. The number of rotatable bonds is 4. The summed E-state index contributed by atoms with van der Waals surface area (Å²) in [5.74, 6) is -0.203. The normalized spacial score (nSPS) is 16.8. The highest BCUT2D eigenvalue weighted by Crippen LogP contribution is 2.35. The van der Waals surface area contributed by atoms with Crippen molar-refractivity contribution in [3.05, 3.63) is 35.4 Å². The molecule has 1 aliphatic rings. The molecule has 0 saturated heterocycles. The van der Waals surface area contributed by atoms with Crippen LogP contribution in [-0.2, 0) is 22.4 Å². The van der Waals surface area contributed by atoms with Crippen LogP contribution in [0.3, 0.4) is 0 Å². The fourth-order valence-electron chi connectivity index (χ4n) is 2.68. The molecule has 0 aromatic heterocycles. The van der Waals surface area contributed by atoms with Gasteiger partial charge < -0.3 is 15.4 Å². The average Bonchev–Trinajstić information content (AvgIpc) is 2.79. The summed E-state index contributed by atoms with van der Waals surface area (Å²) < 4.78 is 4.25. The van der Waals surface area contributed by atoms with Crippen LogP contribution >= 0.6 is 22.6 Å². The van der Waals surface area contributed by atoms with E-state index in [1.165, 1.54) is 18.2 Å². The third-order valence-corrected chi connectivity index (χ3v) is 4.85. The van der Waals surface area contributed by atoms with E-state index in [1.807, 2.05) is 26.0 Å². The van der Waals surface area contributed by atoms with Gasteiger partial charge in [0.2, 0.25) is 5.91 Å². The van der Waals surface area contributed by atoms with Crippen molar-refractivity contribution in [2.24, 2.45) is 5.92 Å². The summed E-state index contributed by atoms with van der Waals surface area (Å²) >= 11 is 2.30. The number of methoxy groups -OCH3 is 1. The Bertz CT molecular complexity index is 549. The summed E-state index contributed by atoms with van der Waals surface area (Å²) in [5, 5.41) is 5.69. The van der Waals surface area contributed by atoms with Crippen LogP contribution in [0, 0.1) is 5.92 Å². The van der Waals surface area contributed by atoms with Gasteiger partial charge in [0.25, 0.3) is 0 Å². The maximum Gasteiger partial charge on any atom is 0.407 e. The van der Waals surface area contributed by atoms with Gasteiger partial charge in [-0.15, -0.1) is 0 Å². The second kappa shape index (κ2) is 6.85. The average molecular weight is 416 g/mol. The molecule has 0 radical (unpaired) electrons. The highest BCUT2D eigenvalue weighted by molar-refractivity contribution is 14.1. The van der Waals surface area contributed by atoms with E-state index >= 15 is 0 Å². The topological polar surface area (TPSA) is 67.4 Å². The molecule has 5 nitrogen and oxygen atoms in total. The number of halogens is 1. The van der Waals surface area contributed by atoms with Crippen molar-refractivity contribution < 1.29 is 14.3 Å². The molecule has 0 heterocycles. The molecule has 6 heteroatoms. The summed E-state index contributed by atoms with van der Waals surface area (Å²) in [5.41, 5.74) is 2.53. The third kappa shape index (κ3) is 3.91. The number of benzene rings is 1. The van der Waals surface area contributed by atoms with Crippen molar-refractivity contribution in [3.63, 3.8) is 0 Å². The summed E-state index contributed by atoms with van der Waals surface area (Å²) in [6.07, 6.45) is 0.989. The van der Waals surface area contributed by atoms with Crippen LogP contribution in [0.1, 0.15) is 25.0 Å². The lowest BCUT2D eigenvalue weighted by Crippen LogP contribution is -2.55. The van der Waals surface area contributed by atoms with Gasteiger partial charge in [0.15, 0.2) is 0 Å². The minimum absolute atomic E-state index is 0.0251. The SMILES string of the molecule is COC(=O)N[C@@H](C(=O)NC1(I)Cc2ccccc2C1)C(C)C. The van der Waals surface area contributed by atoms with Gasteiger partial charge in [0, 0.05) is 12.8 Å². The number of ether oxygens (including phenoxy) is 1. The van der Waals surface area contributed by atoms with E-state index in [9.17, 15) is 9.59 Å². The van der Waals surface area contributed by atoms with E-state index in [4.69, 9.17) is 0 Å². The zero-order chi connectivity index (χ0) is 16.3. The van der Waals surface area contributed by atoms with Crippen molar-refractivity contribution in [1.29, 1.82) is 0 Å². The predicted octanol–water partition coefficient (Wildman–Crippen LogP) is 2.41. The zero-order valence-corrected chi connectivity index (χ0v) is 15.1. The van der Waals surface area contributed by atoms with E-state index in [2.05, 4.69) is 50.1 Å². The van der Waals surface area contributed by atoms with Gasteiger partial charge in [-0.3, -0.25) is 4.79 Å². The zero-order valence-electron chi connectivity index (χ0n) is 13.0. The minimum Gasteiger partial charge on any atom is -0.453 e. The number of alkyl halides is 1. The molecule has 0 aliphatic heterocycles. The van der Waals surface area contributed by atoms with E-state index in [-0.39, 0.29) is 15.4 Å². The lowest BCUT2D eigenvalue weighted by atomic mass is 10.0. The lowest BCUT2D eigenvalue weighted by molar-refractivity contribution is -0.124. The van der Waals surface area contributed by atoms with E-state index in [0.717, 1.165) is 12.8 Å². The molecule has 0 unspecified atom stereocenters. The van der Waals surface area contributed by atoms with Crippen LogP contribution in [0.25, 0.3) is 0 Å². The van der Waals surface area contributed by atoms with Gasteiger partial charge in [0.1, 0.15) is 6.04 Å². The molecule has 1 aromatic rings. The highest BCUT2D eigenvalue weighted by atomic mass is 127. The molecule has 120 valence electrons. The van der Waals surface area contributed by atoms with Crippen molar-refractivity contribution in [1.82, 2.24) is 10.6 Å². The molecule has 0 spiro atoms. The van der Waals surface area contributed by atoms with Crippen molar-refractivity contribution in [2.45, 2.75) is 36.3 Å². The fraction of sp³-hybridized carbons (Fsp3) is 0.500. The standard InChI is InChI=1S/C16H21IN2O3/c1-10(2)13(18-15(21)22-3)14(20)19-16(17)8-11-6-4-5-7-12(11)9-16/h4-7,10,13H,8-9H2,1-3H3,(H,18,21)(H,19,20)/t13-/m1/s1. The Kier molecular flexibility index (Phi) is 5.31. The molecule has 2 N–H and O–H groups in total. The number of carbonyl (C=O) groups excluding carboxylic acids is 2. The monoisotopic (exact) mass is 416 g/mol. The summed E-state index contributed by atoms with van der Waals surface area (Å²) in [7, 11) is 1.29. The van der Waals surface area contributed by atoms with Gasteiger partial charge in [0.05, 0.1) is 10.7 Å². The number of nitrogens with one attached hydrogen (secondary N) is 2. The quantitative estimate of drug-likeness (QED) is 0.450. The molecule has 0 saturated carbocycles. The van der Waals surface area contributed by atoms with E-state index in [0.29, 0.717) is 0 Å². The van der Waals surface area contributed by atoms with Crippen LogP contribution < -0.4 is 10.6 Å². The molecule has 0 fully saturated rings. The van der Waals surface area contributed by atoms with Crippen LogP contribution in [0.15, 0.2) is 24.3 Å². The Morgan fingerprint density at radius 1 is 1.23 bits per heavy atom. The third-order valence-electron chi connectivity index (χ3n) is 3.81. The highest BCUT2D eigenvalue weighted by Gasteiger charge is 2.38. The van der Waals surface area contributed by atoms with Gasteiger partial charge in [-0.05, 0) is 17.0 Å². The molecule has 1 atom stereocenters. The Morgan fingerprint density at radius 2 is 1.77 bits per heavy atom. The first-order valence-electron chi connectivity index (χ1n) is 7.27. The van der Waals surface area contributed by atoms with Gasteiger partial charge >= 0.3 is 6.09 Å². The number of hydrogen-bond acceptors (Lipinski definition) is 3. The summed E-state index contributed by atoms with van der Waals surface area (Å²) in [6, 6.07) is 7.60. The maximum absolute atomic E-state index is 12.6. The Morgan fingerprint density at radius 3 is 2.23 bits per heavy atom. The Hall–Kier alpha value is -1.31. The number of fused-ring (bicyclic) bond motifs is 1. The summed E-state index contributed by atoms with van der Waals surface area (Å²) in [6.45, 7) is 3.78. The number of amides is 2. The predicted molar refractivity (Wildman–Crippen MR) is 92.9 cm³/mol. The van der Waals surface area contributed by atoms with Crippen molar-refractivity contribution in [2.75, 3.05) is 7.11 Å². The van der Waals surface area contributed by atoms with Crippen LogP contribution in [-0.4, -0.2) is 28.7 Å². The van der Waals surface area contributed by atoms with Gasteiger partial charge in [-0.25, -0.2) is 4.79 Å². The molecule has 2 amide bonds. The van der Waals surface area contributed by atoms with Crippen molar-refractivity contribution in [3.8, 4) is 0 Å². The lowest BCUT2D eigenvalue weighted by Gasteiger charge is -2.28. The summed E-state index contributed by atoms with van der Waals surface area (Å²) in [4.78, 5) is 24.0. The van der Waals surface area contributed by atoms with E-state index < -0.39 is 12.1 Å². The van der Waals surface area contributed by atoms with Crippen LogP contribution in [0.5, 0.6) is 0 Å². The molecule has 0 bridgehead atoms. The first kappa shape index (κ1) is 17.1. The molecule has 2 rings (SSSR count). The Labute approximate surface area is 144 Å². The number of alkyl carbamates (subject to hydrolysis) is 1. The maximum atomic E-state index is 12.6. The molecule has 1 aromatic carbocycles. The first-order valence-corrected chi connectivity index (χ1v) is 8.35. The largest absolute Gasteiger partial charge is 0.453 e. The first-order chi connectivity index (χ1) is 10.3. The molecule has 1 aliphatic carbocycles. The molecular formula is C16H21IN2O3. The van der Waals surface area contributed by atoms with E-state index in [1.54, 1.807) is 0 Å². The number of hydrogen-bond donors (Lipinski definition) is 2. The fourth-order valence-corrected chi connectivity index (χ4v) is 3.76. The van der Waals surface area contributed by atoms with Crippen LogP contribution in [0.2, 0.25) is 0 Å². The van der Waals surface area contributed by atoms with Crippen molar-refractivity contribution >= 4 is 34.6 Å². The second-order valence-electron chi connectivity index (χ2n) is 5.93. The smallest absolute Gasteiger partial charge is 0.407 e. The van der Waals surface area contributed by atoms with Gasteiger partial charge in [-0.2, -0.15) is 0 Å². The molecule has 22 heavy (non-hydrogen) atoms.